The highest BCUT2D eigenvalue weighted by Gasteiger charge is 2.33. The Morgan fingerprint density at radius 1 is 0.439 bits per heavy atom. The van der Waals surface area contributed by atoms with Gasteiger partial charge in [-0.25, -0.2) is 4.98 Å². The average Bonchev–Trinajstić information content (AvgIpc) is 1.23. The molecule has 82 heavy (non-hydrogen) atoms. The van der Waals surface area contributed by atoms with Gasteiger partial charge in [-0.2, -0.15) is 0 Å². The summed E-state index contributed by atoms with van der Waals surface area (Å²) in [7, 11) is 6.42. The minimum Gasteiger partial charge on any atom is -0.497 e. The zero-order chi connectivity index (χ0) is 56.9. The molecule has 0 aliphatic carbocycles. The molecule has 0 spiro atoms. The number of ether oxygens (including phenoxy) is 8. The Balaban J connectivity index is 0.00000329. The van der Waals surface area contributed by atoms with Crippen LogP contribution in [0.3, 0.4) is 0 Å². The van der Waals surface area contributed by atoms with Crippen LogP contribution in [0, 0.1) is 6.92 Å². The van der Waals surface area contributed by atoms with Crippen molar-refractivity contribution < 1.29 is 42.7 Å². The largest absolute Gasteiger partial charge is 0.497 e. The Morgan fingerprint density at radius 3 is 1.28 bits per heavy atom. The van der Waals surface area contributed by atoms with Gasteiger partial charge in [0.05, 0.1) is 50.5 Å². The number of aromatic nitrogens is 2. The van der Waals surface area contributed by atoms with Gasteiger partial charge in [0, 0.05) is 65.3 Å². The summed E-state index contributed by atoms with van der Waals surface area (Å²) >= 11 is 0. The second kappa shape index (κ2) is 21.3. The van der Waals surface area contributed by atoms with Crippen LogP contribution in [0.2, 0.25) is 0 Å². The third-order valence-electron chi connectivity index (χ3n) is 14.7. The second-order valence-corrected chi connectivity index (χ2v) is 19.4. The van der Waals surface area contributed by atoms with Crippen molar-refractivity contribution in [1.29, 1.82) is 0 Å². The van der Waals surface area contributed by atoms with Crippen LogP contribution >= 0.6 is 0 Å². The first-order valence-corrected chi connectivity index (χ1v) is 26.8. The third-order valence-corrected chi connectivity index (χ3v) is 14.7. The van der Waals surface area contributed by atoms with E-state index in [1.54, 1.807) is 51.9 Å². The molecule has 2 aromatic heterocycles. The fraction of sp³-hybridized carbons (Fsp3) is 0.130. The van der Waals surface area contributed by atoms with Gasteiger partial charge in [-0.3, -0.25) is 19.0 Å². The molecule has 13 nitrogen and oxygen atoms in total. The molecule has 0 aliphatic rings. The van der Waals surface area contributed by atoms with E-state index in [4.69, 9.17) is 47.9 Å². The van der Waals surface area contributed by atoms with Crippen molar-refractivity contribution in [1.82, 2.24) is 9.38 Å². The first kappa shape index (κ1) is 52.3. The number of rotatable bonds is 15. The van der Waals surface area contributed by atoms with E-state index >= 15 is 4.79 Å². The van der Waals surface area contributed by atoms with Crippen LogP contribution in [0.15, 0.2) is 180 Å². The Kier molecular flexibility index (Phi) is 13.6. The van der Waals surface area contributed by atoms with Gasteiger partial charge in [-0.05, 0) is 166 Å². The van der Waals surface area contributed by atoms with Crippen molar-refractivity contribution >= 4 is 87.7 Å². The van der Waals surface area contributed by atoms with E-state index in [-0.39, 0.29) is 11.3 Å². The van der Waals surface area contributed by atoms with Crippen LogP contribution < -0.4 is 43.5 Å². The number of hydrogen-bond acceptors (Lipinski definition) is 12. The van der Waals surface area contributed by atoms with Crippen LogP contribution in [0.4, 0.5) is 5.69 Å². The Bertz CT molecular complexity index is 4670. The molecule has 2 heterocycles. The SMILES string of the molecule is CC.COc1ccc(Oc2cc(C(C)=Nc3ccccc3C)c3c(C(C)=O)cc(Oc4ccc(OC)cc4)c4c5c(Oc6ccc(OC)cc6)cc6c7c(cc(Oc8ccc(OC)cc8)c(c2c34)c57)c(=O)n2c3ccccc3nc62)cc1. The van der Waals surface area contributed by atoms with Crippen LogP contribution in [-0.2, 0) is 0 Å². The maximum atomic E-state index is 15.7. The third kappa shape index (κ3) is 8.92. The van der Waals surface area contributed by atoms with E-state index < -0.39 is 0 Å². The van der Waals surface area contributed by atoms with Gasteiger partial charge in [0.15, 0.2) is 5.78 Å². The lowest BCUT2D eigenvalue weighted by Gasteiger charge is -2.26. The highest BCUT2D eigenvalue weighted by Crippen LogP contribution is 2.57. The fourth-order valence-electron chi connectivity index (χ4n) is 10.9. The van der Waals surface area contributed by atoms with Crippen molar-refractivity contribution in [2.45, 2.75) is 34.6 Å². The number of hydrogen-bond donors (Lipinski definition) is 0. The molecule has 13 heteroatoms. The van der Waals surface area contributed by atoms with Gasteiger partial charge in [-0.1, -0.05) is 44.2 Å². The molecule has 0 saturated carbocycles. The summed E-state index contributed by atoms with van der Waals surface area (Å²) in [6.45, 7) is 9.49. The van der Waals surface area contributed by atoms with Crippen LogP contribution in [-0.4, -0.2) is 49.3 Å². The lowest BCUT2D eigenvalue weighted by molar-refractivity contribution is 0.101. The molecule has 0 radical (unpaired) electrons. The molecule has 13 aromatic rings. The minimum atomic E-state index is -0.312. The Labute approximate surface area is 471 Å². The zero-order valence-electron chi connectivity index (χ0n) is 46.6. The number of ketones is 1. The number of Topliss-reactive ketones (excluding diaryl/α,β-unsaturated/α-hetero) is 1. The van der Waals surface area contributed by atoms with Crippen LogP contribution in [0.25, 0.3) is 70.5 Å². The first-order valence-electron chi connectivity index (χ1n) is 26.8. The second-order valence-electron chi connectivity index (χ2n) is 19.4. The van der Waals surface area contributed by atoms with E-state index in [0.717, 1.165) is 11.3 Å². The topological polar surface area (TPSA) is 138 Å². The molecule has 13 rings (SSSR count). The van der Waals surface area contributed by atoms with Gasteiger partial charge in [0.2, 0.25) is 0 Å². The molecule has 0 N–H and O–H groups in total. The number of aryl methyl sites for hydroxylation is 1. The van der Waals surface area contributed by atoms with E-state index in [1.807, 2.05) is 185 Å². The molecule has 0 unspecified atom stereocenters. The maximum absolute atomic E-state index is 15.7. The van der Waals surface area contributed by atoms with Gasteiger partial charge in [0.25, 0.3) is 5.56 Å². The molecule has 0 fully saturated rings. The van der Waals surface area contributed by atoms with E-state index in [1.165, 1.54) is 0 Å². The number of para-hydroxylation sites is 3. The number of carbonyl (C=O) groups excluding carboxylic acids is 1. The number of methoxy groups -OCH3 is 4. The summed E-state index contributed by atoms with van der Waals surface area (Å²) in [5.41, 5.74) is 4.67. The maximum Gasteiger partial charge on any atom is 0.264 e. The lowest BCUT2D eigenvalue weighted by Crippen LogP contribution is -2.14. The molecular weight excluding hydrogens is 1030 g/mol. The number of pyridine rings is 1. The highest BCUT2D eigenvalue weighted by atomic mass is 16.5. The predicted molar refractivity (Wildman–Crippen MR) is 326 cm³/mol. The van der Waals surface area contributed by atoms with E-state index in [9.17, 15) is 4.79 Å². The van der Waals surface area contributed by atoms with Crippen LogP contribution in [0.5, 0.6) is 69.0 Å². The number of imidazole rings is 1. The van der Waals surface area contributed by atoms with Crippen molar-refractivity contribution in [3.63, 3.8) is 0 Å². The highest BCUT2D eigenvalue weighted by molar-refractivity contribution is 6.44. The Hall–Kier alpha value is -10.4. The van der Waals surface area contributed by atoms with E-state index in [2.05, 4.69) is 0 Å². The van der Waals surface area contributed by atoms with Gasteiger partial charge in [-0.15, -0.1) is 0 Å². The summed E-state index contributed by atoms with van der Waals surface area (Å²) in [5.74, 6) is 5.56. The average molecular weight is 1090 g/mol. The summed E-state index contributed by atoms with van der Waals surface area (Å²) < 4.78 is 52.8. The predicted octanol–water partition coefficient (Wildman–Crippen LogP) is 17.4. The van der Waals surface area contributed by atoms with Crippen molar-refractivity contribution in [3.05, 3.63) is 197 Å². The van der Waals surface area contributed by atoms with E-state index in [0.29, 0.717) is 156 Å². The number of benzene rings is 11. The first-order chi connectivity index (χ1) is 40.0. The van der Waals surface area contributed by atoms with Crippen molar-refractivity contribution in [2.75, 3.05) is 28.4 Å². The monoisotopic (exact) mass is 1090 g/mol. The summed E-state index contributed by atoms with van der Waals surface area (Å²) in [5, 5.41) is 5.48. The molecule has 0 bridgehead atoms. The molecule has 0 aliphatic heterocycles. The van der Waals surface area contributed by atoms with Crippen LogP contribution in [0.1, 0.15) is 49.2 Å². The minimum absolute atomic E-state index is 0.235. The summed E-state index contributed by atoms with van der Waals surface area (Å²) in [6.07, 6.45) is 0. The molecular formula is C69H55N3O10. The quantitative estimate of drug-likeness (QED) is 0.0420. The number of carbonyl (C=O) groups is 1. The van der Waals surface area contributed by atoms with Gasteiger partial charge >= 0.3 is 0 Å². The summed E-state index contributed by atoms with van der Waals surface area (Å²) in [4.78, 5) is 40.9. The number of aliphatic imine (C=N–C) groups is 1. The number of nitrogens with zero attached hydrogens (tertiary/aromatic N) is 3. The smallest absolute Gasteiger partial charge is 0.264 e. The fourth-order valence-corrected chi connectivity index (χ4v) is 10.9. The summed E-state index contributed by atoms with van der Waals surface area (Å²) in [6, 6.07) is 52.0. The van der Waals surface area contributed by atoms with Gasteiger partial charge < -0.3 is 37.9 Å². The molecule has 0 saturated heterocycles. The molecule has 0 amide bonds. The standard InChI is InChI=1S/C67H49N3O10.C2H6/c1-36-12-8-9-13-51(36)68-37(2)47-32-54(77-43-24-16-39(73-4)17-25-43)60-63-57(80-46-30-22-42(76-7)23-31-46)35-50-59-49(66-69-52-14-10-11-15-53(52)70(66)67(50)72)34-56(79-45-28-20-41(75-6)21-29-45)62(65(59)63)61-55(33-48(38(3)71)58(47)64(60)61)78-44-26-18-40(74-5)19-27-44;1-2/h8-35H,1-7H3;1-2H3. The lowest BCUT2D eigenvalue weighted by atomic mass is 9.82. The van der Waals surface area contributed by atoms with Crippen molar-refractivity contribution in [2.24, 2.45) is 4.99 Å². The zero-order valence-corrected chi connectivity index (χ0v) is 46.6. The molecule has 11 aromatic carbocycles. The number of fused-ring (bicyclic) bond motifs is 6. The van der Waals surface area contributed by atoms with Gasteiger partial charge in [0.1, 0.15) is 74.6 Å². The normalized spacial score (nSPS) is 11.6. The molecule has 0 atom stereocenters. The molecule has 406 valence electrons. The van der Waals surface area contributed by atoms with Crippen molar-refractivity contribution in [3.8, 4) is 69.0 Å². The Morgan fingerprint density at radius 2 is 0.829 bits per heavy atom.